The Labute approximate surface area is 406 Å². The third-order valence-corrected chi connectivity index (χ3v) is 13.9. The largest absolute Gasteiger partial charge is 0.383 e. The van der Waals surface area contributed by atoms with Crippen LogP contribution < -0.4 is 37.2 Å². The molecule has 352 valence electrons. The van der Waals surface area contributed by atoms with Gasteiger partial charge in [0.15, 0.2) is 11.6 Å². The van der Waals surface area contributed by atoms with E-state index in [0.29, 0.717) is 79.8 Å². The lowest BCUT2D eigenvalue weighted by Crippen LogP contribution is -2.30. The Morgan fingerprint density at radius 3 is 1.60 bits per heavy atom. The van der Waals surface area contributed by atoms with Gasteiger partial charge in [-0.1, -0.05) is 59.6 Å². The van der Waals surface area contributed by atoms with Crippen LogP contribution in [0.4, 0.5) is 46.3 Å². The van der Waals surface area contributed by atoms with Gasteiger partial charge in [0.2, 0.25) is 11.9 Å². The van der Waals surface area contributed by atoms with Crippen LogP contribution in [0.1, 0.15) is 92.3 Å². The molecule has 6 aliphatic rings. The Morgan fingerprint density at radius 2 is 1.09 bits per heavy atom. The average Bonchev–Trinajstić information content (AvgIpc) is 3.86. The van der Waals surface area contributed by atoms with Gasteiger partial charge in [0.1, 0.15) is 10.0 Å². The van der Waals surface area contributed by atoms with Gasteiger partial charge in [0.25, 0.3) is 11.8 Å². The number of halogens is 2. The Bertz CT molecular complexity index is 2790. The van der Waals surface area contributed by atoms with E-state index in [-0.39, 0.29) is 11.8 Å². The van der Waals surface area contributed by atoms with Crippen LogP contribution in [0.25, 0.3) is 0 Å². The van der Waals surface area contributed by atoms with E-state index in [9.17, 15) is 9.59 Å². The molecule has 2 aromatic heterocycles. The zero-order valence-electron chi connectivity index (χ0n) is 38.3. The second-order valence-electron chi connectivity index (χ2n) is 17.6. The summed E-state index contributed by atoms with van der Waals surface area (Å²) >= 11 is 12.7. The van der Waals surface area contributed by atoms with Crippen molar-refractivity contribution in [1.82, 2.24) is 40.8 Å². The molecule has 4 unspecified atom stereocenters. The van der Waals surface area contributed by atoms with Crippen LogP contribution >= 0.6 is 23.2 Å². The van der Waals surface area contributed by atoms with Crippen molar-refractivity contribution in [2.75, 3.05) is 81.8 Å². The first-order valence-corrected chi connectivity index (χ1v) is 23.9. The molecule has 2 saturated heterocycles. The van der Waals surface area contributed by atoms with Gasteiger partial charge in [-0.15, -0.1) is 0 Å². The number of methoxy groups -OCH3 is 1. The first-order valence-electron chi connectivity index (χ1n) is 23.1. The number of carbonyl (C=O) groups excluding carboxylic acids is 2. The molecular weight excluding hydrogens is 900 g/mol. The number of hydrogen-bond donors (Lipinski definition) is 7. The van der Waals surface area contributed by atoms with Crippen molar-refractivity contribution in [2.24, 2.45) is 0 Å². The fourth-order valence-corrected chi connectivity index (χ4v) is 10.2. The molecule has 6 heterocycles. The number of hydrogen-bond acceptors (Lipinski definition) is 13. The molecule has 0 saturated carbocycles. The fraction of sp³-hybridized carbons (Fsp3) is 0.333. The minimum atomic E-state index is -0.193. The summed E-state index contributed by atoms with van der Waals surface area (Å²) in [5, 5.41) is 22.6. The van der Waals surface area contributed by atoms with Gasteiger partial charge >= 0.3 is 0 Å². The molecular formula is C51H56Cl2N12O3. The van der Waals surface area contributed by atoms with Gasteiger partial charge in [0, 0.05) is 65.3 Å². The van der Waals surface area contributed by atoms with E-state index in [1.54, 1.807) is 45.7 Å². The second kappa shape index (κ2) is 21.3. The molecule has 0 spiro atoms. The highest BCUT2D eigenvalue weighted by atomic mass is 35.5. The summed E-state index contributed by atoms with van der Waals surface area (Å²) in [5.74, 6) is 3.56. The predicted molar refractivity (Wildman–Crippen MR) is 270 cm³/mol. The minimum Gasteiger partial charge on any atom is -0.383 e. The zero-order chi connectivity index (χ0) is 47.1. The van der Waals surface area contributed by atoms with Gasteiger partial charge in [-0.3, -0.25) is 14.5 Å². The number of para-hydroxylation sites is 2. The molecule has 4 aliphatic heterocycles. The smallest absolute Gasteiger partial charge is 0.253 e. The van der Waals surface area contributed by atoms with Crippen molar-refractivity contribution < 1.29 is 14.3 Å². The molecule has 7 N–H and O–H groups in total. The average molecular weight is 956 g/mol. The van der Waals surface area contributed by atoms with Crippen LogP contribution in [0, 0.1) is 0 Å². The number of fused-ring (bicyclic) bond motifs is 6. The summed E-state index contributed by atoms with van der Waals surface area (Å²) in [5.41, 5.74) is 9.90. The number of amides is 2. The minimum absolute atomic E-state index is 0.189. The highest BCUT2D eigenvalue weighted by molar-refractivity contribution is 6.33. The normalized spacial score (nSPS) is 19.0. The van der Waals surface area contributed by atoms with Crippen molar-refractivity contribution in [3.63, 3.8) is 0 Å². The topological polar surface area (TPSA) is 182 Å². The molecule has 2 aliphatic carbocycles. The number of aromatic nitrogens is 4. The SMILES string of the molecule is CNC(=O)c1ccccc1Nc1nc(Nc2ccc3c(c2)C2CCC3CN(CCOC)C2)ncc1Cl.CNC(=O)c1ccccc1Nc1nc(Nc2ccc3c(c2)C2CCC3CNC2)ncc1Cl. The Kier molecular flexibility index (Phi) is 14.6. The summed E-state index contributed by atoms with van der Waals surface area (Å²) in [6, 6.07) is 27.6. The third kappa shape index (κ3) is 10.5. The summed E-state index contributed by atoms with van der Waals surface area (Å²) in [7, 11) is 4.96. The van der Waals surface area contributed by atoms with Crippen LogP contribution in [0.15, 0.2) is 97.3 Å². The molecule has 4 bridgehead atoms. The summed E-state index contributed by atoms with van der Waals surface area (Å²) in [4.78, 5) is 44.8. The molecule has 0 radical (unpaired) electrons. The number of benzene rings is 4. The molecule has 68 heavy (non-hydrogen) atoms. The Morgan fingerprint density at radius 1 is 0.632 bits per heavy atom. The van der Waals surface area contributed by atoms with Crippen LogP contribution in [0.2, 0.25) is 10.0 Å². The highest BCUT2D eigenvalue weighted by Crippen LogP contribution is 2.45. The van der Waals surface area contributed by atoms with E-state index in [0.717, 1.165) is 50.7 Å². The molecule has 17 heteroatoms. The number of ether oxygens (including phenoxy) is 1. The zero-order valence-corrected chi connectivity index (χ0v) is 39.8. The van der Waals surface area contributed by atoms with Crippen molar-refractivity contribution in [2.45, 2.75) is 49.4 Å². The standard InChI is InChI=1S/C27H31ClN6O2.C24H25ClN6O/c1-29-26(35)21-5-3-4-6-24(21)32-25-23(28)14-30-27(33-25)31-19-9-10-20-17-7-8-18(22(20)13-19)16-34(15-17)11-12-36-2;1-26-23(32)18-4-2-3-5-21(18)30-22-20(25)13-28-24(31-22)29-16-8-9-17-14-6-7-15(12-27-11-14)19(17)10-16/h3-6,9-10,13-14,17-18H,7-8,11-12,15-16H2,1-2H3,(H,29,35)(H2,30,31,32,33);2-5,8-10,13-15,27H,6-7,11-12H2,1H3,(H,26,32)(H2,28,29,30,31). The molecule has 6 aromatic rings. The number of anilines is 8. The van der Waals surface area contributed by atoms with E-state index in [1.807, 2.05) is 36.4 Å². The summed E-state index contributed by atoms with van der Waals surface area (Å²) < 4.78 is 5.32. The van der Waals surface area contributed by atoms with Crippen molar-refractivity contribution in [3.05, 3.63) is 141 Å². The summed E-state index contributed by atoms with van der Waals surface area (Å²) in [6.07, 6.45) is 8.04. The van der Waals surface area contributed by atoms with Crippen LogP contribution in [-0.2, 0) is 4.74 Å². The predicted octanol–water partition coefficient (Wildman–Crippen LogP) is 9.44. The molecule has 2 amide bonds. The highest BCUT2D eigenvalue weighted by Gasteiger charge is 2.34. The van der Waals surface area contributed by atoms with Crippen molar-refractivity contribution >= 4 is 81.3 Å². The lowest BCUT2D eigenvalue weighted by atomic mass is 9.78. The van der Waals surface area contributed by atoms with E-state index < -0.39 is 0 Å². The third-order valence-electron chi connectivity index (χ3n) is 13.3. The summed E-state index contributed by atoms with van der Waals surface area (Å²) in [6.45, 7) is 5.98. The molecule has 12 rings (SSSR count). The molecule has 4 atom stereocenters. The number of nitrogens with one attached hydrogen (secondary N) is 7. The monoisotopic (exact) mass is 954 g/mol. The van der Waals surface area contributed by atoms with E-state index in [4.69, 9.17) is 27.9 Å². The molecule has 15 nitrogen and oxygen atoms in total. The maximum atomic E-state index is 12.2. The molecule has 4 aromatic carbocycles. The molecule has 2 fully saturated rings. The number of rotatable bonds is 13. The Balaban J connectivity index is 0.000000171. The van der Waals surface area contributed by atoms with Gasteiger partial charge < -0.3 is 42.0 Å². The van der Waals surface area contributed by atoms with Crippen LogP contribution in [0.5, 0.6) is 0 Å². The van der Waals surface area contributed by atoms with E-state index >= 15 is 0 Å². The van der Waals surface area contributed by atoms with E-state index in [1.165, 1.54) is 47.9 Å². The van der Waals surface area contributed by atoms with Crippen molar-refractivity contribution in [1.29, 1.82) is 0 Å². The first-order chi connectivity index (χ1) is 33.2. The number of nitrogens with zero attached hydrogens (tertiary/aromatic N) is 5. The van der Waals surface area contributed by atoms with E-state index in [2.05, 4.69) is 98.5 Å². The second-order valence-corrected chi connectivity index (χ2v) is 18.4. The van der Waals surface area contributed by atoms with Crippen molar-refractivity contribution in [3.8, 4) is 0 Å². The lowest BCUT2D eigenvalue weighted by Gasteiger charge is -2.27. The first kappa shape index (κ1) is 46.7. The number of carbonyl (C=O) groups is 2. The van der Waals surface area contributed by atoms with Gasteiger partial charge in [-0.2, -0.15) is 9.97 Å². The van der Waals surface area contributed by atoms with Gasteiger partial charge in [0.05, 0.1) is 41.5 Å². The van der Waals surface area contributed by atoms with Crippen LogP contribution in [0.3, 0.4) is 0 Å². The maximum Gasteiger partial charge on any atom is 0.253 e. The van der Waals surface area contributed by atoms with Crippen LogP contribution in [-0.4, -0.2) is 97.2 Å². The lowest BCUT2D eigenvalue weighted by molar-refractivity contribution is 0.0956. The van der Waals surface area contributed by atoms with Gasteiger partial charge in [-0.25, -0.2) is 9.97 Å². The maximum absolute atomic E-state index is 12.2. The fourth-order valence-electron chi connectivity index (χ4n) is 9.91. The van der Waals surface area contributed by atoms with Gasteiger partial charge in [-0.05, 0) is 120 Å². The quantitative estimate of drug-likeness (QED) is 0.0582. The Hall–Kier alpha value is -6.36.